The van der Waals surface area contributed by atoms with Crippen LogP contribution in [0.3, 0.4) is 0 Å². The first kappa shape index (κ1) is 16.6. The molecule has 0 bridgehead atoms. The van der Waals surface area contributed by atoms with Crippen molar-refractivity contribution >= 4 is 23.4 Å². The molecule has 1 N–H and O–H groups in total. The summed E-state index contributed by atoms with van der Waals surface area (Å²) in [5.41, 5.74) is 1.25. The smallest absolute Gasteiger partial charge is 0.234 e. The van der Waals surface area contributed by atoms with Crippen LogP contribution >= 0.6 is 11.8 Å². The monoisotopic (exact) mass is 351 g/mol. The Bertz CT molecular complexity index is 755. The van der Waals surface area contributed by atoms with E-state index in [2.05, 4.69) is 5.32 Å². The highest BCUT2D eigenvalue weighted by atomic mass is 32.2. The third-order valence-corrected chi connectivity index (χ3v) is 4.32. The molecular formula is C17H15F2NO3S. The van der Waals surface area contributed by atoms with Crippen LogP contribution in [0.25, 0.3) is 0 Å². The molecule has 126 valence electrons. The van der Waals surface area contributed by atoms with Gasteiger partial charge >= 0.3 is 0 Å². The Labute approximate surface area is 142 Å². The fourth-order valence-electron chi connectivity index (χ4n) is 2.21. The number of fused-ring (bicyclic) bond motifs is 1. The molecule has 0 saturated carbocycles. The Morgan fingerprint density at radius 2 is 1.83 bits per heavy atom. The molecule has 0 unspecified atom stereocenters. The maximum absolute atomic E-state index is 13.1. The minimum Gasteiger partial charge on any atom is -0.486 e. The van der Waals surface area contributed by atoms with E-state index in [-0.39, 0.29) is 11.7 Å². The molecule has 0 fully saturated rings. The van der Waals surface area contributed by atoms with E-state index in [0.717, 1.165) is 12.1 Å². The maximum Gasteiger partial charge on any atom is 0.234 e. The molecule has 4 nitrogen and oxygen atoms in total. The summed E-state index contributed by atoms with van der Waals surface area (Å²) < 4.78 is 36.8. The first-order chi connectivity index (χ1) is 11.6. The summed E-state index contributed by atoms with van der Waals surface area (Å²) >= 11 is 1.32. The van der Waals surface area contributed by atoms with Crippen molar-refractivity contribution in [1.82, 2.24) is 0 Å². The third kappa shape index (κ3) is 4.17. The van der Waals surface area contributed by atoms with Gasteiger partial charge < -0.3 is 14.8 Å². The van der Waals surface area contributed by atoms with Gasteiger partial charge in [0.2, 0.25) is 5.91 Å². The zero-order chi connectivity index (χ0) is 16.9. The van der Waals surface area contributed by atoms with E-state index in [9.17, 15) is 13.6 Å². The van der Waals surface area contributed by atoms with Crippen molar-refractivity contribution in [3.63, 3.8) is 0 Å². The lowest BCUT2D eigenvalue weighted by atomic mass is 10.2. The van der Waals surface area contributed by atoms with Crippen LogP contribution in [0.1, 0.15) is 5.56 Å². The van der Waals surface area contributed by atoms with Crippen LogP contribution in [0.15, 0.2) is 36.4 Å². The number of benzene rings is 2. The third-order valence-electron chi connectivity index (χ3n) is 3.31. The van der Waals surface area contributed by atoms with E-state index in [4.69, 9.17) is 9.47 Å². The number of rotatable bonds is 5. The summed E-state index contributed by atoms with van der Waals surface area (Å²) in [7, 11) is 0. The SMILES string of the molecule is O=C(CSCc1ccc(F)c(F)c1)Nc1ccc2c(c1)OCCO2. The molecule has 3 rings (SSSR count). The number of ether oxygens (including phenoxy) is 2. The Balaban J connectivity index is 1.49. The summed E-state index contributed by atoms with van der Waals surface area (Å²) in [5.74, 6) is -0.0483. The van der Waals surface area contributed by atoms with Gasteiger partial charge in [-0.05, 0) is 29.8 Å². The molecule has 1 aliphatic rings. The first-order valence-corrected chi connectivity index (χ1v) is 8.48. The standard InChI is InChI=1S/C17H15F2NO3S/c18-13-3-1-11(7-14(13)19)9-24-10-17(21)20-12-2-4-15-16(8-12)23-6-5-22-15/h1-4,7-8H,5-6,9-10H2,(H,20,21). The first-order valence-electron chi connectivity index (χ1n) is 7.33. The maximum atomic E-state index is 13.1. The zero-order valence-corrected chi connectivity index (χ0v) is 13.5. The summed E-state index contributed by atoms with van der Waals surface area (Å²) in [4.78, 5) is 12.0. The number of hydrogen-bond acceptors (Lipinski definition) is 4. The molecule has 2 aromatic carbocycles. The molecule has 0 spiro atoms. The average Bonchev–Trinajstić information content (AvgIpc) is 2.58. The van der Waals surface area contributed by atoms with Crippen molar-refractivity contribution < 1.29 is 23.0 Å². The van der Waals surface area contributed by atoms with Crippen LogP contribution < -0.4 is 14.8 Å². The normalized spacial score (nSPS) is 12.8. The van der Waals surface area contributed by atoms with E-state index in [1.165, 1.54) is 17.8 Å². The molecule has 0 atom stereocenters. The van der Waals surface area contributed by atoms with Crippen molar-refractivity contribution in [1.29, 1.82) is 0 Å². The van der Waals surface area contributed by atoms with Crippen LogP contribution in [0.4, 0.5) is 14.5 Å². The summed E-state index contributed by atoms with van der Waals surface area (Å²) in [6, 6.07) is 8.93. The van der Waals surface area contributed by atoms with Gasteiger partial charge in [-0.2, -0.15) is 0 Å². The van der Waals surface area contributed by atoms with Crippen LogP contribution in [0.5, 0.6) is 11.5 Å². The average molecular weight is 351 g/mol. The zero-order valence-electron chi connectivity index (χ0n) is 12.7. The van der Waals surface area contributed by atoms with Crippen LogP contribution in [-0.4, -0.2) is 24.9 Å². The Morgan fingerprint density at radius 3 is 2.62 bits per heavy atom. The molecule has 1 amide bonds. The Morgan fingerprint density at radius 1 is 1.04 bits per heavy atom. The van der Waals surface area contributed by atoms with E-state index >= 15 is 0 Å². The minimum atomic E-state index is -0.881. The largest absolute Gasteiger partial charge is 0.486 e. The summed E-state index contributed by atoms with van der Waals surface area (Å²) in [5, 5.41) is 2.77. The predicted octanol–water partition coefficient (Wildman–Crippen LogP) is 3.61. The fourth-order valence-corrected chi connectivity index (χ4v) is 2.98. The van der Waals surface area contributed by atoms with Gasteiger partial charge in [-0.15, -0.1) is 11.8 Å². The summed E-state index contributed by atoms with van der Waals surface area (Å²) in [6.07, 6.45) is 0. The Hall–Kier alpha value is -2.28. The number of nitrogens with one attached hydrogen (secondary N) is 1. The molecule has 0 saturated heterocycles. The van der Waals surface area contributed by atoms with E-state index in [0.29, 0.717) is 41.7 Å². The second-order valence-corrected chi connectivity index (χ2v) is 6.13. The molecule has 0 aromatic heterocycles. The topological polar surface area (TPSA) is 47.6 Å². The van der Waals surface area contributed by atoms with E-state index < -0.39 is 11.6 Å². The van der Waals surface area contributed by atoms with Gasteiger partial charge in [0.25, 0.3) is 0 Å². The van der Waals surface area contributed by atoms with E-state index in [1.54, 1.807) is 18.2 Å². The highest BCUT2D eigenvalue weighted by molar-refractivity contribution is 7.99. The number of amides is 1. The van der Waals surface area contributed by atoms with Gasteiger partial charge in [-0.1, -0.05) is 6.07 Å². The van der Waals surface area contributed by atoms with E-state index in [1.807, 2.05) is 0 Å². The van der Waals surface area contributed by atoms with Gasteiger partial charge in [0, 0.05) is 17.5 Å². The number of halogens is 2. The molecule has 1 aliphatic heterocycles. The molecule has 2 aromatic rings. The van der Waals surface area contributed by atoms with Crippen molar-refractivity contribution in [2.24, 2.45) is 0 Å². The molecule has 0 radical (unpaired) electrons. The van der Waals surface area contributed by atoms with Gasteiger partial charge in [0.05, 0.1) is 5.75 Å². The quantitative estimate of drug-likeness (QED) is 0.894. The van der Waals surface area contributed by atoms with Gasteiger partial charge in [-0.25, -0.2) is 8.78 Å². The molecule has 0 aliphatic carbocycles. The fraction of sp³-hybridized carbons (Fsp3) is 0.235. The van der Waals surface area contributed by atoms with Crippen LogP contribution in [0.2, 0.25) is 0 Å². The van der Waals surface area contributed by atoms with Gasteiger partial charge in [0.1, 0.15) is 13.2 Å². The number of carbonyl (C=O) groups is 1. The lowest BCUT2D eigenvalue weighted by Gasteiger charge is -2.19. The number of carbonyl (C=O) groups excluding carboxylic acids is 1. The Kier molecular flexibility index (Phi) is 5.20. The van der Waals surface area contributed by atoms with Gasteiger partial charge in [-0.3, -0.25) is 4.79 Å². The van der Waals surface area contributed by atoms with Gasteiger partial charge in [0.15, 0.2) is 23.1 Å². The second kappa shape index (κ2) is 7.53. The highest BCUT2D eigenvalue weighted by Crippen LogP contribution is 2.32. The second-order valence-electron chi connectivity index (χ2n) is 5.15. The summed E-state index contributed by atoms with van der Waals surface area (Å²) in [6.45, 7) is 0.994. The van der Waals surface area contributed by atoms with Crippen LogP contribution in [-0.2, 0) is 10.5 Å². The van der Waals surface area contributed by atoms with Crippen molar-refractivity contribution in [3.05, 3.63) is 53.6 Å². The number of anilines is 1. The van der Waals surface area contributed by atoms with Crippen LogP contribution in [0, 0.1) is 11.6 Å². The lowest BCUT2D eigenvalue weighted by molar-refractivity contribution is -0.113. The lowest BCUT2D eigenvalue weighted by Crippen LogP contribution is -2.17. The molecule has 7 heteroatoms. The minimum absolute atomic E-state index is 0.181. The predicted molar refractivity (Wildman–Crippen MR) is 88.6 cm³/mol. The number of hydrogen-bond donors (Lipinski definition) is 1. The molecular weight excluding hydrogens is 336 g/mol. The number of thioether (sulfide) groups is 1. The van der Waals surface area contributed by atoms with Crippen molar-refractivity contribution in [2.75, 3.05) is 24.3 Å². The van der Waals surface area contributed by atoms with Crippen molar-refractivity contribution in [3.8, 4) is 11.5 Å². The van der Waals surface area contributed by atoms with Crippen molar-refractivity contribution in [2.45, 2.75) is 5.75 Å². The highest BCUT2D eigenvalue weighted by Gasteiger charge is 2.13. The molecule has 1 heterocycles. The molecule has 24 heavy (non-hydrogen) atoms.